The van der Waals surface area contributed by atoms with Crippen molar-refractivity contribution in [2.75, 3.05) is 18.0 Å². The van der Waals surface area contributed by atoms with Gasteiger partial charge in [0.2, 0.25) is 5.82 Å². The fourth-order valence-electron chi connectivity index (χ4n) is 2.34. The van der Waals surface area contributed by atoms with E-state index in [1.54, 1.807) is 16.5 Å². The molecule has 1 aliphatic rings. The Kier molecular flexibility index (Phi) is 3.46. The first-order chi connectivity index (χ1) is 8.82. The predicted molar refractivity (Wildman–Crippen MR) is 68.2 cm³/mol. The third-order valence-corrected chi connectivity index (χ3v) is 3.26. The first-order valence-electron chi connectivity index (χ1n) is 6.17. The van der Waals surface area contributed by atoms with Crippen molar-refractivity contribution in [1.82, 2.24) is 9.78 Å². The number of nitro groups is 1. The molecule has 8 nitrogen and oxygen atoms in total. The molecule has 106 valence electrons. The summed E-state index contributed by atoms with van der Waals surface area (Å²) >= 11 is 0. The Labute approximate surface area is 110 Å². The van der Waals surface area contributed by atoms with Crippen molar-refractivity contribution in [3.05, 3.63) is 15.8 Å². The van der Waals surface area contributed by atoms with Gasteiger partial charge in [0.25, 0.3) is 0 Å². The topological polar surface area (TPSA) is 105 Å². The number of rotatable bonds is 3. The lowest BCUT2D eigenvalue weighted by molar-refractivity contribution is -0.384. The summed E-state index contributed by atoms with van der Waals surface area (Å²) in [7, 11) is 0. The maximum atomic E-state index is 11.2. The van der Waals surface area contributed by atoms with Gasteiger partial charge in [0, 0.05) is 19.1 Å². The van der Waals surface area contributed by atoms with Crippen molar-refractivity contribution >= 4 is 11.5 Å². The molecule has 0 amide bonds. The summed E-state index contributed by atoms with van der Waals surface area (Å²) in [5, 5.41) is 34.6. The van der Waals surface area contributed by atoms with Crippen LogP contribution in [-0.2, 0) is 0 Å². The van der Waals surface area contributed by atoms with Gasteiger partial charge in [0.15, 0.2) is 0 Å². The van der Waals surface area contributed by atoms with Crippen LogP contribution >= 0.6 is 0 Å². The monoisotopic (exact) mass is 270 g/mol. The van der Waals surface area contributed by atoms with Crippen LogP contribution < -0.4 is 4.90 Å². The van der Waals surface area contributed by atoms with Crippen LogP contribution in [0.2, 0.25) is 0 Å². The molecule has 2 heterocycles. The maximum absolute atomic E-state index is 11.2. The number of aliphatic hydroxyl groups excluding tert-OH is 2. The molecular weight excluding hydrogens is 252 g/mol. The number of aryl methyl sites for hydroxylation is 1. The first-order valence-corrected chi connectivity index (χ1v) is 6.17. The minimum atomic E-state index is -0.893. The van der Waals surface area contributed by atoms with E-state index >= 15 is 0 Å². The molecule has 1 aliphatic heterocycles. The molecule has 2 atom stereocenters. The highest BCUT2D eigenvalue weighted by molar-refractivity contribution is 5.62. The summed E-state index contributed by atoms with van der Waals surface area (Å²) < 4.78 is 1.57. The van der Waals surface area contributed by atoms with E-state index in [0.29, 0.717) is 11.5 Å². The Balaban J connectivity index is 2.50. The molecule has 1 aromatic heterocycles. The van der Waals surface area contributed by atoms with Crippen molar-refractivity contribution in [2.45, 2.75) is 39.0 Å². The zero-order valence-electron chi connectivity index (χ0n) is 11.1. The van der Waals surface area contributed by atoms with E-state index in [1.807, 2.05) is 13.8 Å². The number of hydrogen-bond acceptors (Lipinski definition) is 6. The summed E-state index contributed by atoms with van der Waals surface area (Å²) in [6.45, 7) is 5.67. The van der Waals surface area contributed by atoms with Crippen LogP contribution in [-0.4, -0.2) is 50.2 Å². The highest BCUT2D eigenvalue weighted by atomic mass is 16.6. The summed E-state index contributed by atoms with van der Waals surface area (Å²) in [6, 6.07) is -0.0442. The van der Waals surface area contributed by atoms with Crippen LogP contribution in [0.3, 0.4) is 0 Å². The number of aromatic nitrogens is 2. The lowest BCUT2D eigenvalue weighted by Gasteiger charge is -2.19. The average molecular weight is 270 g/mol. The van der Waals surface area contributed by atoms with Gasteiger partial charge < -0.3 is 15.1 Å². The lowest BCUT2D eigenvalue weighted by atomic mass is 10.3. The third-order valence-electron chi connectivity index (χ3n) is 3.26. The van der Waals surface area contributed by atoms with E-state index < -0.39 is 17.1 Å². The molecule has 2 N–H and O–H groups in total. The smallest absolute Gasteiger partial charge is 0.333 e. The highest BCUT2D eigenvalue weighted by Gasteiger charge is 2.37. The highest BCUT2D eigenvalue weighted by Crippen LogP contribution is 2.35. The summed E-state index contributed by atoms with van der Waals surface area (Å²) in [5.41, 5.74) is 0.277. The lowest BCUT2D eigenvalue weighted by Crippen LogP contribution is -2.25. The van der Waals surface area contributed by atoms with Crippen LogP contribution in [0.1, 0.15) is 25.6 Å². The van der Waals surface area contributed by atoms with Crippen LogP contribution in [0.25, 0.3) is 0 Å². The zero-order valence-corrected chi connectivity index (χ0v) is 11.1. The molecule has 19 heavy (non-hydrogen) atoms. The molecule has 2 rings (SSSR count). The van der Waals surface area contributed by atoms with E-state index in [-0.39, 0.29) is 24.8 Å². The van der Waals surface area contributed by atoms with Crippen LogP contribution in [0, 0.1) is 17.0 Å². The fourth-order valence-corrected chi connectivity index (χ4v) is 2.34. The molecule has 0 spiro atoms. The standard InChI is InChI=1S/C11H18N4O4/c1-6(2)14-11(10(15(18)19)7(3)12-14)13-4-8(16)9(17)5-13/h6,8-9,16-17H,4-5H2,1-3H3. The Bertz CT molecular complexity index is 489. The molecule has 0 radical (unpaired) electrons. The number of nitrogens with zero attached hydrogens (tertiary/aromatic N) is 4. The quantitative estimate of drug-likeness (QED) is 0.601. The zero-order chi connectivity index (χ0) is 14.3. The van der Waals surface area contributed by atoms with Crippen LogP contribution in [0.4, 0.5) is 11.5 Å². The molecule has 0 aliphatic carbocycles. The number of anilines is 1. The second kappa shape index (κ2) is 4.78. The normalized spacial score (nSPS) is 23.4. The Morgan fingerprint density at radius 2 is 1.89 bits per heavy atom. The summed E-state index contributed by atoms with van der Waals surface area (Å²) in [5.74, 6) is 0.355. The van der Waals surface area contributed by atoms with Crippen molar-refractivity contribution in [3.8, 4) is 0 Å². The van der Waals surface area contributed by atoms with E-state index in [1.165, 1.54) is 0 Å². The largest absolute Gasteiger partial charge is 0.389 e. The average Bonchev–Trinajstić information content (AvgIpc) is 2.80. The van der Waals surface area contributed by atoms with Crippen LogP contribution in [0.15, 0.2) is 0 Å². The summed E-state index contributed by atoms with van der Waals surface area (Å²) in [6.07, 6.45) is -1.79. The van der Waals surface area contributed by atoms with Gasteiger partial charge in [0.1, 0.15) is 5.69 Å². The van der Waals surface area contributed by atoms with E-state index in [4.69, 9.17) is 0 Å². The number of β-amino-alcohol motifs (C(OH)–C–C–N with tert-alkyl or cyclic N) is 2. The minimum Gasteiger partial charge on any atom is -0.389 e. The Hall–Kier alpha value is -1.67. The summed E-state index contributed by atoms with van der Waals surface area (Å²) in [4.78, 5) is 12.4. The molecule has 1 saturated heterocycles. The van der Waals surface area contributed by atoms with E-state index in [2.05, 4.69) is 5.10 Å². The Morgan fingerprint density at radius 3 is 2.32 bits per heavy atom. The fraction of sp³-hybridized carbons (Fsp3) is 0.727. The van der Waals surface area contributed by atoms with Gasteiger partial charge >= 0.3 is 5.69 Å². The number of hydrogen-bond donors (Lipinski definition) is 2. The number of aliphatic hydroxyl groups is 2. The first kappa shape index (κ1) is 13.8. The van der Waals surface area contributed by atoms with E-state index in [0.717, 1.165) is 0 Å². The minimum absolute atomic E-state index is 0.0442. The van der Waals surface area contributed by atoms with Gasteiger partial charge in [-0.15, -0.1) is 0 Å². The second-order valence-electron chi connectivity index (χ2n) is 5.09. The molecule has 1 fully saturated rings. The maximum Gasteiger partial charge on any atom is 0.333 e. The predicted octanol–water partition coefficient (Wildman–Crippen LogP) is 0.222. The molecule has 2 unspecified atom stereocenters. The van der Waals surface area contributed by atoms with Gasteiger partial charge in [-0.3, -0.25) is 10.1 Å². The van der Waals surface area contributed by atoms with Crippen molar-refractivity contribution in [2.24, 2.45) is 0 Å². The molecule has 8 heteroatoms. The third kappa shape index (κ3) is 2.28. The Morgan fingerprint density at radius 1 is 1.37 bits per heavy atom. The molecule has 0 bridgehead atoms. The van der Waals surface area contributed by atoms with Gasteiger partial charge in [-0.2, -0.15) is 5.10 Å². The van der Waals surface area contributed by atoms with Gasteiger partial charge in [-0.1, -0.05) is 0 Å². The van der Waals surface area contributed by atoms with Crippen molar-refractivity contribution in [3.63, 3.8) is 0 Å². The van der Waals surface area contributed by atoms with Crippen molar-refractivity contribution in [1.29, 1.82) is 0 Å². The van der Waals surface area contributed by atoms with E-state index in [9.17, 15) is 20.3 Å². The second-order valence-corrected chi connectivity index (χ2v) is 5.09. The SMILES string of the molecule is Cc1nn(C(C)C)c(N2CC(O)C(O)C2)c1[N+](=O)[O-]. The molecule has 0 saturated carbocycles. The van der Waals surface area contributed by atoms with Crippen molar-refractivity contribution < 1.29 is 15.1 Å². The van der Waals surface area contributed by atoms with Crippen LogP contribution in [0.5, 0.6) is 0 Å². The van der Waals surface area contributed by atoms with Gasteiger partial charge in [-0.05, 0) is 20.8 Å². The molecular formula is C11H18N4O4. The molecule has 0 aromatic carbocycles. The van der Waals surface area contributed by atoms with Gasteiger partial charge in [-0.25, -0.2) is 4.68 Å². The van der Waals surface area contributed by atoms with Gasteiger partial charge in [0.05, 0.1) is 17.1 Å². The molecule has 1 aromatic rings.